The van der Waals surface area contributed by atoms with Crippen molar-refractivity contribution >= 4 is 39.0 Å². The van der Waals surface area contributed by atoms with Crippen molar-refractivity contribution in [3.8, 4) is 0 Å². The first-order valence-corrected chi connectivity index (χ1v) is 6.58. The number of thiazole rings is 1. The van der Waals surface area contributed by atoms with Gasteiger partial charge in [-0.25, -0.2) is 4.98 Å². The Balaban J connectivity index is 0.000000199. The molecule has 0 N–H and O–H groups in total. The summed E-state index contributed by atoms with van der Waals surface area (Å²) in [5.41, 5.74) is 0.992. The summed E-state index contributed by atoms with van der Waals surface area (Å²) in [6.45, 7) is 5.57. The molecule has 18 heavy (non-hydrogen) atoms. The highest BCUT2D eigenvalue weighted by Gasteiger charge is 2.01. The molecule has 4 nitrogen and oxygen atoms in total. The second kappa shape index (κ2) is 7.03. The van der Waals surface area contributed by atoms with Crippen molar-refractivity contribution in [1.82, 2.24) is 4.98 Å². The Labute approximate surface area is 117 Å². The minimum Gasteiger partial charge on any atom is -0.258 e. The van der Waals surface area contributed by atoms with E-state index in [1.807, 2.05) is 13.1 Å². The third-order valence-corrected chi connectivity index (χ3v) is 3.32. The molecule has 0 aliphatic rings. The summed E-state index contributed by atoms with van der Waals surface area (Å²) in [6, 6.07) is 6.23. The summed E-state index contributed by atoms with van der Waals surface area (Å²) >= 11 is 4.89. The van der Waals surface area contributed by atoms with Crippen LogP contribution in [0, 0.1) is 17.0 Å². The van der Waals surface area contributed by atoms with E-state index in [1.165, 1.54) is 17.0 Å². The number of aromatic nitrogens is 1. The van der Waals surface area contributed by atoms with Crippen LogP contribution in [-0.4, -0.2) is 9.91 Å². The van der Waals surface area contributed by atoms with E-state index >= 15 is 0 Å². The first-order chi connectivity index (χ1) is 8.52. The second-order valence-electron chi connectivity index (χ2n) is 3.28. The zero-order valence-corrected chi connectivity index (χ0v) is 12.1. The molecule has 1 heterocycles. The van der Waals surface area contributed by atoms with Crippen LogP contribution < -0.4 is 0 Å². The molecule has 0 radical (unpaired) electrons. The molecule has 6 heteroatoms. The van der Waals surface area contributed by atoms with Crippen molar-refractivity contribution in [1.29, 1.82) is 0 Å². The van der Waals surface area contributed by atoms with E-state index < -0.39 is 4.92 Å². The topological polar surface area (TPSA) is 56.0 Å². The van der Waals surface area contributed by atoms with Gasteiger partial charge in [0.2, 0.25) is 0 Å². The third-order valence-electron chi connectivity index (χ3n) is 1.93. The highest BCUT2D eigenvalue weighted by molar-refractivity contribution is 9.11. The van der Waals surface area contributed by atoms with Crippen molar-refractivity contribution in [2.45, 2.75) is 6.92 Å². The zero-order chi connectivity index (χ0) is 13.5. The van der Waals surface area contributed by atoms with Gasteiger partial charge in [0.25, 0.3) is 5.69 Å². The fourth-order valence-electron chi connectivity index (χ4n) is 1.06. The smallest absolute Gasteiger partial charge is 0.258 e. The minimum absolute atomic E-state index is 0.107. The summed E-state index contributed by atoms with van der Waals surface area (Å²) < 4.78 is 0.963. The number of nitro groups is 1. The van der Waals surface area contributed by atoms with Gasteiger partial charge in [-0.1, -0.05) is 12.7 Å². The van der Waals surface area contributed by atoms with Gasteiger partial charge in [-0.3, -0.25) is 10.1 Å². The van der Waals surface area contributed by atoms with Crippen LogP contribution in [0.15, 0.2) is 41.0 Å². The molecule has 0 aliphatic heterocycles. The summed E-state index contributed by atoms with van der Waals surface area (Å²) in [7, 11) is 0. The third kappa shape index (κ3) is 4.77. The normalized spacial score (nSPS) is 9.22. The van der Waals surface area contributed by atoms with Gasteiger partial charge in [0.15, 0.2) is 3.92 Å². The molecule has 0 saturated carbocycles. The SMILES string of the molecule is C=Cc1ccc([N+](=O)[O-])cc1.Cc1cnc(Br)s1. The predicted molar refractivity (Wildman–Crippen MR) is 77.7 cm³/mol. The largest absolute Gasteiger partial charge is 0.269 e. The molecular formula is C12H11BrN2O2S. The van der Waals surface area contributed by atoms with Crippen molar-refractivity contribution in [3.63, 3.8) is 0 Å². The van der Waals surface area contributed by atoms with Gasteiger partial charge >= 0.3 is 0 Å². The minimum atomic E-state index is -0.424. The lowest BCUT2D eigenvalue weighted by Crippen LogP contribution is -1.86. The first kappa shape index (κ1) is 14.5. The van der Waals surface area contributed by atoms with Gasteiger partial charge in [0.05, 0.1) is 4.92 Å². The van der Waals surface area contributed by atoms with Gasteiger partial charge in [-0.15, -0.1) is 11.3 Å². The maximum absolute atomic E-state index is 10.2. The van der Waals surface area contributed by atoms with Crippen LogP contribution in [-0.2, 0) is 0 Å². The molecule has 2 aromatic rings. The highest BCUT2D eigenvalue weighted by atomic mass is 79.9. The molecule has 0 atom stereocenters. The van der Waals surface area contributed by atoms with Gasteiger partial charge in [0, 0.05) is 23.2 Å². The molecule has 0 spiro atoms. The van der Waals surface area contributed by atoms with Gasteiger partial charge < -0.3 is 0 Å². The summed E-state index contributed by atoms with van der Waals surface area (Å²) in [6.07, 6.45) is 3.48. The quantitative estimate of drug-likeness (QED) is 0.605. The molecule has 0 fully saturated rings. The van der Waals surface area contributed by atoms with E-state index in [4.69, 9.17) is 0 Å². The molecule has 0 bridgehead atoms. The van der Waals surface area contributed by atoms with Gasteiger partial charge in [-0.2, -0.15) is 0 Å². The van der Waals surface area contributed by atoms with Crippen molar-refractivity contribution in [2.75, 3.05) is 0 Å². The standard InChI is InChI=1S/C8H7NO2.C4H4BrNS/c1-2-7-3-5-8(6-4-7)9(10)11;1-3-2-6-4(5)7-3/h2-6H,1H2;2H,1H3. The Morgan fingerprint density at radius 3 is 2.33 bits per heavy atom. The summed E-state index contributed by atoms with van der Waals surface area (Å²) in [5, 5.41) is 10.2. The fraction of sp³-hybridized carbons (Fsp3) is 0.0833. The average Bonchev–Trinajstić information content (AvgIpc) is 2.74. The number of aryl methyl sites for hydroxylation is 1. The van der Waals surface area contributed by atoms with Crippen LogP contribution in [0.4, 0.5) is 5.69 Å². The van der Waals surface area contributed by atoms with E-state index in [-0.39, 0.29) is 5.69 Å². The van der Waals surface area contributed by atoms with Crippen LogP contribution in [0.25, 0.3) is 6.08 Å². The molecule has 1 aromatic heterocycles. The number of halogens is 1. The maximum atomic E-state index is 10.2. The average molecular weight is 327 g/mol. The lowest BCUT2D eigenvalue weighted by atomic mass is 10.2. The summed E-state index contributed by atoms with van der Waals surface area (Å²) in [5.74, 6) is 0. The van der Waals surface area contributed by atoms with Crippen LogP contribution in [0.5, 0.6) is 0 Å². The molecule has 94 valence electrons. The number of rotatable bonds is 2. The summed E-state index contributed by atoms with van der Waals surface area (Å²) in [4.78, 5) is 15.0. The Morgan fingerprint density at radius 1 is 1.44 bits per heavy atom. The Hall–Kier alpha value is -1.53. The van der Waals surface area contributed by atoms with Gasteiger partial charge in [0.1, 0.15) is 0 Å². The molecule has 1 aromatic carbocycles. The number of hydrogen-bond acceptors (Lipinski definition) is 4. The number of benzene rings is 1. The van der Waals surface area contributed by atoms with E-state index in [9.17, 15) is 10.1 Å². The molecule has 2 rings (SSSR count). The van der Waals surface area contributed by atoms with Crippen molar-refractivity contribution in [2.24, 2.45) is 0 Å². The lowest BCUT2D eigenvalue weighted by Gasteiger charge is -1.91. The van der Waals surface area contributed by atoms with E-state index in [0.29, 0.717) is 0 Å². The molecule has 0 amide bonds. The number of nitrogens with zero attached hydrogens (tertiary/aromatic N) is 2. The maximum Gasteiger partial charge on any atom is 0.269 e. The Bertz CT molecular complexity index is 521. The first-order valence-electron chi connectivity index (χ1n) is 4.97. The molecule has 0 aliphatic carbocycles. The van der Waals surface area contributed by atoms with E-state index in [2.05, 4.69) is 27.5 Å². The predicted octanol–water partition coefficient (Wildman–Crippen LogP) is 4.45. The molecule has 0 unspecified atom stereocenters. The zero-order valence-electron chi connectivity index (χ0n) is 9.67. The Kier molecular flexibility index (Phi) is 5.67. The monoisotopic (exact) mass is 326 g/mol. The lowest BCUT2D eigenvalue weighted by molar-refractivity contribution is -0.384. The van der Waals surface area contributed by atoms with E-state index in [0.717, 1.165) is 9.48 Å². The molecular weight excluding hydrogens is 316 g/mol. The van der Waals surface area contributed by atoms with Gasteiger partial charge in [-0.05, 0) is 40.5 Å². The highest BCUT2D eigenvalue weighted by Crippen LogP contribution is 2.16. The fourth-order valence-corrected chi connectivity index (χ4v) is 2.40. The van der Waals surface area contributed by atoms with Crippen molar-refractivity contribution < 1.29 is 4.92 Å². The van der Waals surface area contributed by atoms with Crippen LogP contribution in [0.1, 0.15) is 10.4 Å². The van der Waals surface area contributed by atoms with Crippen LogP contribution in [0.3, 0.4) is 0 Å². The second-order valence-corrected chi connectivity index (χ2v) is 5.79. The van der Waals surface area contributed by atoms with Crippen molar-refractivity contribution in [3.05, 3.63) is 61.5 Å². The van der Waals surface area contributed by atoms with Crippen LogP contribution >= 0.6 is 27.3 Å². The van der Waals surface area contributed by atoms with Crippen LogP contribution in [0.2, 0.25) is 0 Å². The number of non-ortho nitro benzene ring substituents is 1. The number of hydrogen-bond donors (Lipinski definition) is 0. The number of nitro benzene ring substituents is 1. The van der Waals surface area contributed by atoms with E-state index in [1.54, 1.807) is 29.5 Å². The Morgan fingerprint density at radius 2 is 2.06 bits per heavy atom. The molecule has 0 saturated heterocycles.